The van der Waals surface area contributed by atoms with Gasteiger partial charge < -0.3 is 15.1 Å². The van der Waals surface area contributed by atoms with Crippen molar-refractivity contribution >= 4 is 50.7 Å². The highest BCUT2D eigenvalue weighted by atomic mass is 35.5. The van der Waals surface area contributed by atoms with E-state index in [-0.39, 0.29) is 35.7 Å². The Hall–Kier alpha value is -2.85. The summed E-state index contributed by atoms with van der Waals surface area (Å²) in [5.74, 6) is -0.946. The van der Waals surface area contributed by atoms with E-state index >= 15 is 0 Å². The number of piperidine rings is 1. The lowest BCUT2D eigenvalue weighted by atomic mass is 9.98. The Morgan fingerprint density at radius 3 is 2.64 bits per heavy atom. The fourth-order valence-corrected chi connectivity index (χ4v) is 6.23. The second-order valence-corrected chi connectivity index (χ2v) is 11.3. The van der Waals surface area contributed by atoms with Gasteiger partial charge >= 0.3 is 0 Å². The van der Waals surface area contributed by atoms with E-state index in [2.05, 4.69) is 10.6 Å². The number of nitrogens with one attached hydrogen (secondary N) is 2. The number of amides is 2. The average molecular weight is 550 g/mol. The summed E-state index contributed by atoms with van der Waals surface area (Å²) in [6.07, 6.45) is 2.59. The summed E-state index contributed by atoms with van der Waals surface area (Å²) in [4.78, 5) is 25.8. The van der Waals surface area contributed by atoms with Crippen LogP contribution in [-0.2, 0) is 27.1 Å². The molecule has 190 valence electrons. The summed E-state index contributed by atoms with van der Waals surface area (Å²) in [6, 6.07) is 14.8. The predicted molar refractivity (Wildman–Crippen MR) is 138 cm³/mol. The maximum absolute atomic E-state index is 13.1. The zero-order valence-corrected chi connectivity index (χ0v) is 21.6. The van der Waals surface area contributed by atoms with Crippen molar-refractivity contribution in [2.45, 2.75) is 25.1 Å². The third kappa shape index (κ3) is 6.47. The molecule has 3 aromatic rings. The molecule has 11 heteroatoms. The molecule has 1 atom stereocenters. The van der Waals surface area contributed by atoms with Crippen LogP contribution in [0.3, 0.4) is 0 Å². The summed E-state index contributed by atoms with van der Waals surface area (Å²) in [5, 5.41) is 6.27. The van der Waals surface area contributed by atoms with E-state index in [1.54, 1.807) is 48.5 Å². The first kappa shape index (κ1) is 26.2. The van der Waals surface area contributed by atoms with Crippen molar-refractivity contribution in [1.82, 2.24) is 9.62 Å². The smallest absolute Gasteiger partial charge is 0.253 e. The van der Waals surface area contributed by atoms with Gasteiger partial charge in [0.1, 0.15) is 5.76 Å². The lowest BCUT2D eigenvalue weighted by Gasteiger charge is -2.31. The molecule has 0 spiro atoms. The standard InChI is InChI=1S/C25H25Cl2N3O5S/c26-19-10-9-18(22(27)13-19)16-36(33,34)30-11-3-5-17(15-30)24(31)29-23-8-2-1-7-21(23)25(32)28-14-20-6-4-12-35-20/h1-2,4,6-10,12-13,17H,3,5,11,14-16H2,(H,28,32)(H,29,31)/t17-/m1/s1. The molecule has 1 aliphatic rings. The molecule has 1 fully saturated rings. The van der Waals surface area contributed by atoms with Crippen molar-refractivity contribution in [2.75, 3.05) is 18.4 Å². The van der Waals surface area contributed by atoms with Gasteiger partial charge in [0.05, 0.1) is 35.7 Å². The molecule has 2 aromatic carbocycles. The van der Waals surface area contributed by atoms with Crippen LogP contribution >= 0.6 is 23.2 Å². The minimum atomic E-state index is -3.71. The number of anilines is 1. The second-order valence-electron chi connectivity index (χ2n) is 8.49. The number of furan rings is 1. The number of carbonyl (C=O) groups excluding carboxylic acids is 2. The molecule has 2 N–H and O–H groups in total. The number of para-hydroxylation sites is 1. The number of halogens is 2. The first-order valence-electron chi connectivity index (χ1n) is 11.3. The summed E-state index contributed by atoms with van der Waals surface area (Å²) in [6.45, 7) is 0.580. The Morgan fingerprint density at radius 1 is 1.08 bits per heavy atom. The SMILES string of the molecule is O=C(NCc1ccco1)c1ccccc1NC(=O)[C@@H]1CCCN(S(=O)(=O)Cc2ccc(Cl)cc2Cl)C1. The average Bonchev–Trinajstić information content (AvgIpc) is 3.38. The highest BCUT2D eigenvalue weighted by Gasteiger charge is 2.33. The summed E-state index contributed by atoms with van der Waals surface area (Å²) in [5.41, 5.74) is 1.10. The van der Waals surface area contributed by atoms with E-state index in [1.807, 2.05) is 0 Å². The summed E-state index contributed by atoms with van der Waals surface area (Å²) >= 11 is 12.1. The molecular weight excluding hydrogens is 525 g/mol. The van der Waals surface area contributed by atoms with Gasteiger partial charge in [-0.05, 0) is 54.8 Å². The highest BCUT2D eigenvalue weighted by Crippen LogP contribution is 2.27. The molecule has 1 saturated heterocycles. The zero-order chi connectivity index (χ0) is 25.7. The van der Waals surface area contributed by atoms with Crippen LogP contribution in [0.15, 0.2) is 65.3 Å². The third-order valence-corrected chi connectivity index (χ3v) is 8.32. The van der Waals surface area contributed by atoms with Gasteiger partial charge in [-0.25, -0.2) is 12.7 Å². The Morgan fingerprint density at radius 2 is 1.89 bits per heavy atom. The fraction of sp³-hybridized carbons (Fsp3) is 0.280. The number of sulfonamides is 1. The molecule has 1 aliphatic heterocycles. The topological polar surface area (TPSA) is 109 Å². The van der Waals surface area contributed by atoms with E-state index in [9.17, 15) is 18.0 Å². The quantitative estimate of drug-likeness (QED) is 0.423. The predicted octanol–water partition coefficient (Wildman–Crippen LogP) is 4.70. The minimum absolute atomic E-state index is 0.0478. The molecule has 2 heterocycles. The Balaban J connectivity index is 1.41. The monoisotopic (exact) mass is 549 g/mol. The van der Waals surface area contributed by atoms with Crippen molar-refractivity contribution < 1.29 is 22.4 Å². The van der Waals surface area contributed by atoms with Crippen LogP contribution < -0.4 is 10.6 Å². The molecule has 2 amide bonds. The van der Waals surface area contributed by atoms with Crippen molar-refractivity contribution in [3.05, 3.63) is 87.8 Å². The second kappa shape index (κ2) is 11.5. The van der Waals surface area contributed by atoms with Crippen LogP contribution in [0.1, 0.15) is 34.5 Å². The first-order valence-corrected chi connectivity index (χ1v) is 13.7. The molecule has 0 unspecified atom stereocenters. The van der Waals surface area contributed by atoms with E-state index in [1.165, 1.54) is 16.6 Å². The van der Waals surface area contributed by atoms with Crippen molar-refractivity contribution in [3.8, 4) is 0 Å². The molecule has 36 heavy (non-hydrogen) atoms. The Labute approximate surface area is 219 Å². The van der Waals surface area contributed by atoms with Crippen LogP contribution in [0.4, 0.5) is 5.69 Å². The number of nitrogens with zero attached hydrogens (tertiary/aromatic N) is 1. The van der Waals surface area contributed by atoms with E-state index in [4.69, 9.17) is 27.6 Å². The minimum Gasteiger partial charge on any atom is -0.467 e. The van der Waals surface area contributed by atoms with Gasteiger partial charge in [-0.1, -0.05) is 41.4 Å². The van der Waals surface area contributed by atoms with Crippen molar-refractivity contribution in [3.63, 3.8) is 0 Å². The van der Waals surface area contributed by atoms with Crippen LogP contribution in [0.5, 0.6) is 0 Å². The van der Waals surface area contributed by atoms with E-state index in [0.717, 1.165) is 0 Å². The molecule has 0 bridgehead atoms. The largest absolute Gasteiger partial charge is 0.467 e. The summed E-state index contributed by atoms with van der Waals surface area (Å²) in [7, 11) is -3.71. The molecule has 0 aliphatic carbocycles. The number of hydrogen-bond acceptors (Lipinski definition) is 5. The number of carbonyl (C=O) groups is 2. The number of hydrogen-bond donors (Lipinski definition) is 2. The number of benzene rings is 2. The van der Waals surface area contributed by atoms with Crippen LogP contribution in [0.25, 0.3) is 0 Å². The Bertz CT molecular complexity index is 1350. The van der Waals surface area contributed by atoms with Gasteiger partial charge in [-0.15, -0.1) is 0 Å². The molecule has 0 saturated carbocycles. The van der Waals surface area contributed by atoms with Crippen molar-refractivity contribution in [1.29, 1.82) is 0 Å². The number of rotatable bonds is 8. The summed E-state index contributed by atoms with van der Waals surface area (Å²) < 4.78 is 32.7. The normalized spacial score (nSPS) is 16.4. The van der Waals surface area contributed by atoms with Gasteiger partial charge in [-0.3, -0.25) is 9.59 Å². The van der Waals surface area contributed by atoms with Gasteiger partial charge in [0, 0.05) is 23.1 Å². The third-order valence-electron chi connectivity index (χ3n) is 5.93. The molecule has 0 radical (unpaired) electrons. The molecular formula is C25H25Cl2N3O5S. The van der Waals surface area contributed by atoms with Gasteiger partial charge in [0.25, 0.3) is 5.91 Å². The van der Waals surface area contributed by atoms with E-state index < -0.39 is 15.9 Å². The highest BCUT2D eigenvalue weighted by molar-refractivity contribution is 7.88. The molecule has 4 rings (SSSR count). The Kier molecular flexibility index (Phi) is 8.35. The lowest BCUT2D eigenvalue weighted by Crippen LogP contribution is -2.44. The zero-order valence-electron chi connectivity index (χ0n) is 19.2. The fourth-order valence-electron chi connectivity index (χ4n) is 4.04. The first-order chi connectivity index (χ1) is 17.2. The van der Waals surface area contributed by atoms with Crippen LogP contribution in [0, 0.1) is 5.92 Å². The lowest BCUT2D eigenvalue weighted by molar-refractivity contribution is -0.120. The van der Waals surface area contributed by atoms with Gasteiger partial charge in [0.15, 0.2) is 0 Å². The maximum atomic E-state index is 13.1. The van der Waals surface area contributed by atoms with Gasteiger partial charge in [0.2, 0.25) is 15.9 Å². The molecule has 8 nitrogen and oxygen atoms in total. The van der Waals surface area contributed by atoms with Crippen LogP contribution in [0.2, 0.25) is 10.0 Å². The van der Waals surface area contributed by atoms with Crippen LogP contribution in [-0.4, -0.2) is 37.6 Å². The van der Waals surface area contributed by atoms with E-state index in [0.29, 0.717) is 47.0 Å². The van der Waals surface area contributed by atoms with Crippen molar-refractivity contribution in [2.24, 2.45) is 5.92 Å². The maximum Gasteiger partial charge on any atom is 0.253 e. The van der Waals surface area contributed by atoms with Gasteiger partial charge in [-0.2, -0.15) is 0 Å². The molecule has 1 aromatic heterocycles.